The molecule has 20 heavy (non-hydrogen) atoms. The summed E-state index contributed by atoms with van der Waals surface area (Å²) in [6.45, 7) is 5.42. The molecule has 1 aromatic rings. The van der Waals surface area contributed by atoms with Gasteiger partial charge in [-0.05, 0) is 37.0 Å². The van der Waals surface area contributed by atoms with E-state index in [1.807, 2.05) is 26.0 Å². The quantitative estimate of drug-likeness (QED) is 0.837. The van der Waals surface area contributed by atoms with Crippen molar-refractivity contribution >= 4 is 15.9 Å². The molecule has 0 aromatic carbocycles. The summed E-state index contributed by atoms with van der Waals surface area (Å²) in [5, 5.41) is -0.548. The number of pyridine rings is 1. The Morgan fingerprint density at radius 2 is 1.90 bits per heavy atom. The molecule has 0 saturated carbocycles. The molecule has 1 amide bonds. The number of carbonyl (C=O) groups is 1. The zero-order valence-corrected chi connectivity index (χ0v) is 13.0. The molecule has 112 valence electrons. The topological polar surface area (TPSA) is 76.1 Å². The highest BCUT2D eigenvalue weighted by Crippen LogP contribution is 2.18. The van der Waals surface area contributed by atoms with Gasteiger partial charge in [-0.15, -0.1) is 0 Å². The predicted molar refractivity (Wildman–Crippen MR) is 78.7 cm³/mol. The largest absolute Gasteiger partial charge is 0.274 e. The lowest BCUT2D eigenvalue weighted by Crippen LogP contribution is -2.37. The molecule has 0 fully saturated rings. The molecule has 0 aliphatic carbocycles. The van der Waals surface area contributed by atoms with Crippen LogP contribution >= 0.6 is 0 Å². The minimum absolute atomic E-state index is 0.0466. The van der Waals surface area contributed by atoms with Gasteiger partial charge in [0.15, 0.2) is 0 Å². The Bertz CT molecular complexity index is 529. The molecular formula is C14H22N2O3S. The van der Waals surface area contributed by atoms with Gasteiger partial charge < -0.3 is 0 Å². The smallest absolute Gasteiger partial charge is 0.237 e. The summed E-state index contributed by atoms with van der Waals surface area (Å²) in [5.74, 6) is -0.507. The van der Waals surface area contributed by atoms with Crippen molar-refractivity contribution in [2.24, 2.45) is 0 Å². The van der Waals surface area contributed by atoms with Crippen LogP contribution in [0.3, 0.4) is 0 Å². The van der Waals surface area contributed by atoms with E-state index in [2.05, 4.69) is 9.71 Å². The molecule has 0 radical (unpaired) electrons. The number of rotatable bonds is 7. The number of nitrogens with zero attached hydrogens (tertiary/aromatic N) is 1. The van der Waals surface area contributed by atoms with Crippen molar-refractivity contribution in [2.45, 2.75) is 51.2 Å². The number of hydrogen-bond donors (Lipinski definition) is 1. The van der Waals surface area contributed by atoms with Gasteiger partial charge in [-0.25, -0.2) is 8.42 Å². The van der Waals surface area contributed by atoms with Gasteiger partial charge in [0, 0.05) is 18.8 Å². The number of aromatic nitrogens is 1. The van der Waals surface area contributed by atoms with Gasteiger partial charge in [0.2, 0.25) is 15.9 Å². The first-order valence-corrected chi connectivity index (χ1v) is 8.35. The fraction of sp³-hybridized carbons (Fsp3) is 0.571. The van der Waals surface area contributed by atoms with E-state index < -0.39 is 21.2 Å². The van der Waals surface area contributed by atoms with Crippen LogP contribution in [-0.2, 0) is 14.8 Å². The van der Waals surface area contributed by atoms with Crippen LogP contribution in [0.2, 0.25) is 0 Å². The first kappa shape index (κ1) is 16.6. The third-order valence-electron chi connectivity index (χ3n) is 3.25. The monoisotopic (exact) mass is 298 g/mol. The van der Waals surface area contributed by atoms with Gasteiger partial charge in [0.25, 0.3) is 0 Å². The molecule has 0 saturated heterocycles. The van der Waals surface area contributed by atoms with Crippen molar-refractivity contribution in [1.29, 1.82) is 0 Å². The molecule has 1 aromatic heterocycles. The van der Waals surface area contributed by atoms with Crippen LogP contribution in [0.15, 0.2) is 24.5 Å². The van der Waals surface area contributed by atoms with Gasteiger partial charge in [-0.3, -0.25) is 14.5 Å². The van der Waals surface area contributed by atoms with E-state index in [0.717, 1.165) is 12.0 Å². The van der Waals surface area contributed by atoms with Crippen LogP contribution in [0, 0.1) is 0 Å². The van der Waals surface area contributed by atoms with Gasteiger partial charge in [-0.1, -0.05) is 20.3 Å². The van der Waals surface area contributed by atoms with E-state index in [4.69, 9.17) is 0 Å². The van der Waals surface area contributed by atoms with E-state index in [1.54, 1.807) is 19.3 Å². The Morgan fingerprint density at radius 1 is 1.30 bits per heavy atom. The number of nitrogens with one attached hydrogen (secondary N) is 1. The van der Waals surface area contributed by atoms with Crippen LogP contribution in [0.1, 0.15) is 51.5 Å². The molecule has 0 bridgehead atoms. The van der Waals surface area contributed by atoms with Gasteiger partial charge in [0.05, 0.1) is 5.25 Å². The van der Waals surface area contributed by atoms with Crippen LogP contribution in [0.5, 0.6) is 0 Å². The van der Waals surface area contributed by atoms with Crippen molar-refractivity contribution < 1.29 is 13.2 Å². The molecule has 0 aliphatic rings. The van der Waals surface area contributed by atoms with Crippen molar-refractivity contribution in [1.82, 2.24) is 9.71 Å². The van der Waals surface area contributed by atoms with E-state index in [0.29, 0.717) is 6.42 Å². The highest BCUT2D eigenvalue weighted by molar-refractivity contribution is 7.90. The minimum atomic E-state index is -3.56. The first-order valence-electron chi connectivity index (χ1n) is 6.81. The van der Waals surface area contributed by atoms with Gasteiger partial charge in [-0.2, -0.15) is 0 Å². The van der Waals surface area contributed by atoms with Crippen LogP contribution in [0.25, 0.3) is 0 Å². The van der Waals surface area contributed by atoms with Crippen LogP contribution in [-0.4, -0.2) is 24.6 Å². The van der Waals surface area contributed by atoms with Crippen LogP contribution in [0.4, 0.5) is 0 Å². The minimum Gasteiger partial charge on any atom is -0.274 e. The normalized spacial score (nSPS) is 14.6. The van der Waals surface area contributed by atoms with E-state index in [1.165, 1.54) is 0 Å². The second kappa shape index (κ2) is 7.38. The van der Waals surface area contributed by atoms with Gasteiger partial charge >= 0.3 is 0 Å². The summed E-state index contributed by atoms with van der Waals surface area (Å²) in [5.41, 5.74) is 0.967. The molecule has 5 nitrogen and oxygen atoms in total. The fourth-order valence-electron chi connectivity index (χ4n) is 1.95. The third kappa shape index (κ3) is 4.92. The van der Waals surface area contributed by atoms with Crippen molar-refractivity contribution in [3.63, 3.8) is 0 Å². The van der Waals surface area contributed by atoms with E-state index in [-0.39, 0.29) is 12.3 Å². The van der Waals surface area contributed by atoms with E-state index in [9.17, 15) is 13.2 Å². The van der Waals surface area contributed by atoms with Crippen molar-refractivity contribution in [2.75, 3.05) is 0 Å². The highest BCUT2D eigenvalue weighted by atomic mass is 32.2. The SMILES string of the molecule is CCC[C@H](C)S(=O)(=O)NC(=O)C[C@H](C)c1ccncc1. The average Bonchev–Trinajstić information content (AvgIpc) is 2.39. The Balaban J connectivity index is 2.60. The number of carbonyl (C=O) groups excluding carboxylic acids is 1. The molecule has 0 spiro atoms. The Kier molecular flexibility index (Phi) is 6.13. The summed E-state index contributed by atoms with van der Waals surface area (Å²) >= 11 is 0. The number of amides is 1. The zero-order valence-electron chi connectivity index (χ0n) is 12.2. The molecule has 1 N–H and O–H groups in total. The summed E-state index contributed by atoms with van der Waals surface area (Å²) < 4.78 is 26.0. The van der Waals surface area contributed by atoms with Crippen molar-refractivity contribution in [3.05, 3.63) is 30.1 Å². The first-order chi connectivity index (χ1) is 9.36. The Morgan fingerprint density at radius 3 is 2.45 bits per heavy atom. The van der Waals surface area contributed by atoms with Gasteiger partial charge in [0.1, 0.15) is 0 Å². The second-order valence-electron chi connectivity index (χ2n) is 5.06. The van der Waals surface area contributed by atoms with Crippen molar-refractivity contribution in [3.8, 4) is 0 Å². The summed E-state index contributed by atoms with van der Waals surface area (Å²) in [6, 6.07) is 3.65. The third-order valence-corrected chi connectivity index (χ3v) is 5.06. The summed E-state index contributed by atoms with van der Waals surface area (Å²) in [7, 11) is -3.56. The highest BCUT2D eigenvalue weighted by Gasteiger charge is 2.23. The fourth-order valence-corrected chi connectivity index (χ4v) is 3.10. The van der Waals surface area contributed by atoms with E-state index >= 15 is 0 Å². The number of hydrogen-bond acceptors (Lipinski definition) is 4. The zero-order chi connectivity index (χ0) is 15.2. The predicted octanol–water partition coefficient (Wildman–Crippen LogP) is 2.21. The summed E-state index contributed by atoms with van der Waals surface area (Å²) in [4.78, 5) is 15.8. The maximum Gasteiger partial charge on any atom is 0.237 e. The molecular weight excluding hydrogens is 276 g/mol. The lowest BCUT2D eigenvalue weighted by atomic mass is 9.99. The molecule has 0 unspecified atom stereocenters. The molecule has 1 rings (SSSR count). The lowest BCUT2D eigenvalue weighted by Gasteiger charge is -2.15. The maximum absolute atomic E-state index is 11.9. The van der Waals surface area contributed by atoms with Crippen LogP contribution < -0.4 is 4.72 Å². The Labute approximate surface area is 120 Å². The molecule has 2 atom stereocenters. The average molecular weight is 298 g/mol. The summed E-state index contributed by atoms with van der Waals surface area (Å²) in [6.07, 6.45) is 4.77. The lowest BCUT2D eigenvalue weighted by molar-refractivity contribution is -0.119. The molecule has 1 heterocycles. The standard InChI is InChI=1S/C14H22N2O3S/c1-4-5-12(3)20(18,19)16-14(17)10-11(2)13-6-8-15-9-7-13/h6-9,11-12H,4-5,10H2,1-3H3,(H,16,17)/t11-,12-/m0/s1. The molecule has 0 aliphatic heterocycles. The molecule has 6 heteroatoms. The number of sulfonamides is 1. The maximum atomic E-state index is 11.9. The Hall–Kier alpha value is -1.43. The second-order valence-corrected chi connectivity index (χ2v) is 7.15.